The highest BCUT2D eigenvalue weighted by molar-refractivity contribution is 6.31. The van der Waals surface area contributed by atoms with Gasteiger partial charge in [0.25, 0.3) is 5.89 Å². The molecule has 2 N–H and O–H groups in total. The Morgan fingerprint density at radius 1 is 1.44 bits per heavy atom. The molecule has 1 heterocycles. The Bertz CT molecular complexity index is 528. The van der Waals surface area contributed by atoms with Crippen molar-refractivity contribution in [1.29, 1.82) is 0 Å². The van der Waals surface area contributed by atoms with Crippen molar-refractivity contribution < 1.29 is 9.26 Å². The highest BCUT2D eigenvalue weighted by Gasteiger charge is 2.11. The fourth-order valence-electron chi connectivity index (χ4n) is 1.46. The minimum atomic E-state index is 0.338. The molecular formula is C12H14ClN3O2. The summed E-state index contributed by atoms with van der Waals surface area (Å²) in [6, 6.07) is 5.13. The van der Waals surface area contributed by atoms with Gasteiger partial charge in [0.2, 0.25) is 0 Å². The average Bonchev–Trinajstić information content (AvgIpc) is 2.78. The van der Waals surface area contributed by atoms with Gasteiger partial charge in [-0.1, -0.05) is 23.7 Å². The van der Waals surface area contributed by atoms with Crippen LogP contribution in [0.2, 0.25) is 5.02 Å². The maximum Gasteiger partial charge on any atom is 0.260 e. The number of nitrogen functional groups attached to an aromatic ring is 1. The molecule has 1 aromatic carbocycles. The summed E-state index contributed by atoms with van der Waals surface area (Å²) >= 11 is 5.83. The number of ether oxygens (including phenoxy) is 1. The Balaban J connectivity index is 2.13. The molecule has 96 valence electrons. The molecule has 0 aliphatic heterocycles. The van der Waals surface area contributed by atoms with Gasteiger partial charge in [-0.25, -0.2) is 0 Å². The van der Waals surface area contributed by atoms with E-state index < -0.39 is 0 Å². The molecule has 0 fully saturated rings. The summed E-state index contributed by atoms with van der Waals surface area (Å²) in [7, 11) is 0. The second-order valence-electron chi connectivity index (χ2n) is 3.80. The molecule has 0 saturated carbocycles. The maximum atomic E-state index is 5.84. The molecule has 0 saturated heterocycles. The van der Waals surface area contributed by atoms with E-state index in [0.717, 1.165) is 6.42 Å². The number of nitrogens with two attached hydrogens (primary N) is 1. The molecule has 18 heavy (non-hydrogen) atoms. The third-order valence-corrected chi connectivity index (χ3v) is 2.53. The Labute approximate surface area is 110 Å². The van der Waals surface area contributed by atoms with Crippen molar-refractivity contribution in [3.05, 3.63) is 29.0 Å². The number of nitrogens with zero attached hydrogens (tertiary/aromatic N) is 2. The Morgan fingerprint density at radius 2 is 2.28 bits per heavy atom. The normalized spacial score (nSPS) is 10.8. The van der Waals surface area contributed by atoms with Gasteiger partial charge in [0, 0.05) is 17.3 Å². The smallest absolute Gasteiger partial charge is 0.260 e. The molecule has 5 nitrogen and oxygen atoms in total. The molecule has 0 spiro atoms. The lowest BCUT2D eigenvalue weighted by Crippen LogP contribution is -1.96. The van der Waals surface area contributed by atoms with Gasteiger partial charge in [0.15, 0.2) is 5.82 Å². The number of hydrogen-bond acceptors (Lipinski definition) is 5. The van der Waals surface area contributed by atoms with Crippen LogP contribution in [-0.2, 0) is 11.3 Å². The molecule has 2 rings (SSSR count). The largest absolute Gasteiger partial charge is 0.398 e. The summed E-state index contributed by atoms with van der Waals surface area (Å²) in [4.78, 5) is 4.22. The van der Waals surface area contributed by atoms with Gasteiger partial charge < -0.3 is 15.0 Å². The van der Waals surface area contributed by atoms with Gasteiger partial charge in [-0.15, -0.1) is 0 Å². The molecule has 0 unspecified atom stereocenters. The van der Waals surface area contributed by atoms with E-state index in [4.69, 9.17) is 26.6 Å². The number of aromatic nitrogens is 2. The Kier molecular flexibility index (Phi) is 4.17. The van der Waals surface area contributed by atoms with E-state index in [9.17, 15) is 0 Å². The standard InChI is InChI=1S/C12H14ClN3O2/c1-2-5-17-7-11-15-12(18-16-11)9-4-3-8(13)6-10(9)14/h3-4,6H,2,5,7,14H2,1H3. The minimum absolute atomic E-state index is 0.338. The number of rotatable bonds is 5. The first-order chi connectivity index (χ1) is 8.70. The van der Waals surface area contributed by atoms with Crippen LogP contribution >= 0.6 is 11.6 Å². The van der Waals surface area contributed by atoms with Crippen LogP contribution in [-0.4, -0.2) is 16.7 Å². The number of halogens is 1. The molecule has 0 amide bonds. The second kappa shape index (κ2) is 5.84. The van der Waals surface area contributed by atoms with Crippen molar-refractivity contribution >= 4 is 17.3 Å². The van der Waals surface area contributed by atoms with Gasteiger partial charge in [-0.05, 0) is 24.6 Å². The predicted molar refractivity (Wildman–Crippen MR) is 69.1 cm³/mol. The number of hydrogen-bond donors (Lipinski definition) is 1. The van der Waals surface area contributed by atoms with Crippen molar-refractivity contribution in [1.82, 2.24) is 10.1 Å². The molecule has 6 heteroatoms. The SMILES string of the molecule is CCCOCc1noc(-c2ccc(Cl)cc2N)n1. The van der Waals surface area contributed by atoms with Crippen molar-refractivity contribution in [2.45, 2.75) is 20.0 Å². The topological polar surface area (TPSA) is 74.2 Å². The second-order valence-corrected chi connectivity index (χ2v) is 4.24. The first-order valence-corrected chi connectivity index (χ1v) is 6.04. The zero-order chi connectivity index (χ0) is 13.0. The fraction of sp³-hybridized carbons (Fsp3) is 0.333. The quantitative estimate of drug-likeness (QED) is 0.666. The van der Waals surface area contributed by atoms with Crippen LogP contribution in [0.15, 0.2) is 22.7 Å². The van der Waals surface area contributed by atoms with Gasteiger partial charge in [0.1, 0.15) is 6.61 Å². The van der Waals surface area contributed by atoms with Gasteiger partial charge in [-0.2, -0.15) is 4.98 Å². The highest BCUT2D eigenvalue weighted by atomic mass is 35.5. The lowest BCUT2D eigenvalue weighted by atomic mass is 10.2. The van der Waals surface area contributed by atoms with E-state index in [1.54, 1.807) is 18.2 Å². The summed E-state index contributed by atoms with van der Waals surface area (Å²) < 4.78 is 10.5. The van der Waals surface area contributed by atoms with E-state index in [0.29, 0.717) is 41.2 Å². The van der Waals surface area contributed by atoms with E-state index >= 15 is 0 Å². The van der Waals surface area contributed by atoms with Gasteiger partial charge in [0.05, 0.1) is 5.56 Å². The fourth-order valence-corrected chi connectivity index (χ4v) is 1.64. The van der Waals surface area contributed by atoms with Crippen LogP contribution in [0.25, 0.3) is 11.5 Å². The molecule has 0 aliphatic rings. The average molecular weight is 268 g/mol. The van der Waals surface area contributed by atoms with Gasteiger partial charge >= 0.3 is 0 Å². The van der Waals surface area contributed by atoms with E-state index in [-0.39, 0.29) is 0 Å². The molecule has 0 atom stereocenters. The van der Waals surface area contributed by atoms with Gasteiger partial charge in [-0.3, -0.25) is 0 Å². The summed E-state index contributed by atoms with van der Waals surface area (Å²) in [6.07, 6.45) is 0.953. The van der Waals surface area contributed by atoms with E-state index in [1.807, 2.05) is 6.92 Å². The zero-order valence-corrected chi connectivity index (χ0v) is 10.8. The van der Waals surface area contributed by atoms with Crippen molar-refractivity contribution in [2.75, 3.05) is 12.3 Å². The molecule has 0 radical (unpaired) electrons. The molecule has 2 aromatic rings. The predicted octanol–water partition coefficient (Wildman–Crippen LogP) is 2.90. The molecular weight excluding hydrogens is 254 g/mol. The first kappa shape index (κ1) is 12.9. The van der Waals surface area contributed by atoms with Crippen LogP contribution < -0.4 is 5.73 Å². The Morgan fingerprint density at radius 3 is 3.00 bits per heavy atom. The van der Waals surface area contributed by atoms with E-state index in [1.165, 1.54) is 0 Å². The maximum absolute atomic E-state index is 5.84. The summed E-state index contributed by atoms with van der Waals surface area (Å²) in [5, 5.41) is 4.40. The number of benzene rings is 1. The van der Waals surface area contributed by atoms with E-state index in [2.05, 4.69) is 10.1 Å². The van der Waals surface area contributed by atoms with Crippen molar-refractivity contribution in [3.8, 4) is 11.5 Å². The lowest BCUT2D eigenvalue weighted by molar-refractivity contribution is 0.114. The van der Waals surface area contributed by atoms with Crippen molar-refractivity contribution in [3.63, 3.8) is 0 Å². The Hall–Kier alpha value is -1.59. The summed E-state index contributed by atoms with van der Waals surface area (Å²) in [6.45, 7) is 3.05. The monoisotopic (exact) mass is 267 g/mol. The van der Waals surface area contributed by atoms with Crippen LogP contribution in [0.5, 0.6) is 0 Å². The lowest BCUT2D eigenvalue weighted by Gasteiger charge is -2.00. The molecule has 0 bridgehead atoms. The zero-order valence-electron chi connectivity index (χ0n) is 10.0. The van der Waals surface area contributed by atoms with Crippen molar-refractivity contribution in [2.24, 2.45) is 0 Å². The third kappa shape index (κ3) is 3.00. The third-order valence-electron chi connectivity index (χ3n) is 2.29. The van der Waals surface area contributed by atoms with Crippen LogP contribution in [0, 0.1) is 0 Å². The summed E-state index contributed by atoms with van der Waals surface area (Å²) in [5.41, 5.74) is 7.02. The minimum Gasteiger partial charge on any atom is -0.398 e. The van der Waals surface area contributed by atoms with Crippen LogP contribution in [0.1, 0.15) is 19.2 Å². The highest BCUT2D eigenvalue weighted by Crippen LogP contribution is 2.27. The summed E-state index contributed by atoms with van der Waals surface area (Å²) in [5.74, 6) is 0.882. The van der Waals surface area contributed by atoms with Crippen LogP contribution in [0.4, 0.5) is 5.69 Å². The first-order valence-electron chi connectivity index (χ1n) is 5.66. The van der Waals surface area contributed by atoms with Crippen LogP contribution in [0.3, 0.4) is 0 Å². The molecule has 0 aliphatic carbocycles. The molecule has 1 aromatic heterocycles. The number of anilines is 1.